The molecule has 0 aliphatic carbocycles. The Hall–Kier alpha value is -1.33. The second kappa shape index (κ2) is 4.98. The van der Waals surface area contributed by atoms with Crippen molar-refractivity contribution >= 4 is 5.97 Å². The van der Waals surface area contributed by atoms with Crippen LogP contribution >= 0.6 is 0 Å². The van der Waals surface area contributed by atoms with E-state index < -0.39 is 5.97 Å². The van der Waals surface area contributed by atoms with Crippen LogP contribution in [0.2, 0.25) is 0 Å². The third kappa shape index (κ3) is 2.28. The van der Waals surface area contributed by atoms with Gasteiger partial charge in [0.05, 0.1) is 13.4 Å². The smallest absolute Gasteiger partial charge is 0.374 e. The molecule has 5 nitrogen and oxygen atoms in total. The first-order valence-electron chi connectivity index (χ1n) is 6.85. The Bertz CT molecular complexity index is 457. The summed E-state index contributed by atoms with van der Waals surface area (Å²) in [5, 5.41) is 0. The summed E-state index contributed by atoms with van der Waals surface area (Å²) in [6, 6.07) is 3.29. The van der Waals surface area contributed by atoms with Gasteiger partial charge in [0.2, 0.25) is 5.76 Å². The van der Waals surface area contributed by atoms with E-state index in [0.29, 0.717) is 23.9 Å². The largest absolute Gasteiger partial charge is 0.463 e. The maximum absolute atomic E-state index is 11.6. The van der Waals surface area contributed by atoms with Gasteiger partial charge in [-0.2, -0.15) is 0 Å². The molecule has 1 aromatic rings. The number of hydrogen-bond acceptors (Lipinski definition) is 5. The standard InChI is InChI=1S/C14H20N2O3/c1-18-14(17)13-9(4-5-19-13)8-16-11-2-3-12(16)7-10(15)6-11/h4-5,10-12H,2-3,6-8,15H2,1H3. The highest BCUT2D eigenvalue weighted by Crippen LogP contribution is 2.36. The van der Waals surface area contributed by atoms with Gasteiger partial charge in [-0.3, -0.25) is 4.90 Å². The average molecular weight is 264 g/mol. The number of esters is 1. The molecule has 2 saturated heterocycles. The lowest BCUT2D eigenvalue weighted by Crippen LogP contribution is -2.46. The van der Waals surface area contributed by atoms with Crippen molar-refractivity contribution in [3.05, 3.63) is 23.7 Å². The Morgan fingerprint density at radius 1 is 1.47 bits per heavy atom. The van der Waals surface area contributed by atoms with Gasteiger partial charge >= 0.3 is 5.97 Å². The van der Waals surface area contributed by atoms with Crippen LogP contribution in [0.4, 0.5) is 0 Å². The molecule has 0 aromatic carbocycles. The van der Waals surface area contributed by atoms with Crippen LogP contribution in [0.15, 0.2) is 16.7 Å². The average Bonchev–Trinajstić information content (AvgIpc) is 2.94. The third-order valence-electron chi connectivity index (χ3n) is 4.39. The third-order valence-corrected chi connectivity index (χ3v) is 4.39. The van der Waals surface area contributed by atoms with E-state index in [4.69, 9.17) is 14.9 Å². The van der Waals surface area contributed by atoms with Gasteiger partial charge in [-0.05, 0) is 31.7 Å². The molecule has 19 heavy (non-hydrogen) atoms. The van der Waals surface area contributed by atoms with Gasteiger partial charge in [0, 0.05) is 30.2 Å². The highest BCUT2D eigenvalue weighted by atomic mass is 16.5. The predicted molar refractivity (Wildman–Crippen MR) is 69.6 cm³/mol. The fraction of sp³-hybridized carbons (Fsp3) is 0.643. The summed E-state index contributed by atoms with van der Waals surface area (Å²) in [5.41, 5.74) is 6.99. The van der Waals surface area contributed by atoms with E-state index in [1.54, 1.807) is 6.26 Å². The van der Waals surface area contributed by atoms with Crippen molar-refractivity contribution in [2.45, 2.75) is 50.4 Å². The number of carbonyl (C=O) groups is 1. The molecule has 2 unspecified atom stereocenters. The number of rotatable bonds is 3. The number of nitrogens with two attached hydrogens (primary N) is 1. The number of piperidine rings is 1. The van der Waals surface area contributed by atoms with Crippen LogP contribution in [0, 0.1) is 0 Å². The Kier molecular flexibility index (Phi) is 3.33. The minimum absolute atomic E-state index is 0.330. The minimum Gasteiger partial charge on any atom is -0.463 e. The van der Waals surface area contributed by atoms with E-state index >= 15 is 0 Å². The lowest BCUT2D eigenvalue weighted by atomic mass is 9.97. The minimum atomic E-state index is -0.402. The maximum atomic E-state index is 11.6. The van der Waals surface area contributed by atoms with Crippen molar-refractivity contribution in [2.24, 2.45) is 5.73 Å². The van der Waals surface area contributed by atoms with E-state index in [9.17, 15) is 4.79 Å². The molecule has 104 valence electrons. The molecule has 2 aliphatic heterocycles. The number of carbonyl (C=O) groups excluding carboxylic acids is 1. The van der Waals surface area contributed by atoms with Crippen LogP contribution in [0.3, 0.4) is 0 Å². The highest BCUT2D eigenvalue weighted by Gasteiger charge is 2.39. The molecule has 3 rings (SSSR count). The molecule has 3 heterocycles. The summed E-state index contributed by atoms with van der Waals surface area (Å²) in [6.45, 7) is 0.753. The topological polar surface area (TPSA) is 68.7 Å². The molecular weight excluding hydrogens is 244 g/mol. The number of methoxy groups -OCH3 is 1. The van der Waals surface area contributed by atoms with Crippen molar-refractivity contribution in [3.8, 4) is 0 Å². The van der Waals surface area contributed by atoms with Crippen molar-refractivity contribution in [1.82, 2.24) is 4.90 Å². The number of fused-ring (bicyclic) bond motifs is 2. The zero-order valence-corrected chi connectivity index (χ0v) is 11.2. The molecule has 5 heteroatoms. The van der Waals surface area contributed by atoms with Crippen molar-refractivity contribution in [1.29, 1.82) is 0 Å². The van der Waals surface area contributed by atoms with Crippen LogP contribution in [0.1, 0.15) is 41.8 Å². The zero-order chi connectivity index (χ0) is 13.4. The van der Waals surface area contributed by atoms with Crippen LogP contribution in [-0.4, -0.2) is 36.1 Å². The molecule has 0 radical (unpaired) electrons. The first-order chi connectivity index (χ1) is 9.19. The van der Waals surface area contributed by atoms with E-state index in [2.05, 4.69) is 4.90 Å². The van der Waals surface area contributed by atoms with E-state index in [1.165, 1.54) is 20.0 Å². The molecule has 2 aliphatic rings. The second-order valence-corrected chi connectivity index (χ2v) is 5.56. The molecule has 2 bridgehead atoms. The first kappa shape index (κ1) is 12.7. The summed E-state index contributed by atoms with van der Waals surface area (Å²) < 4.78 is 9.98. The lowest BCUT2D eigenvalue weighted by molar-refractivity contribution is 0.0557. The second-order valence-electron chi connectivity index (χ2n) is 5.56. The quantitative estimate of drug-likeness (QED) is 0.838. The fourth-order valence-corrected chi connectivity index (χ4v) is 3.50. The van der Waals surface area contributed by atoms with Crippen LogP contribution < -0.4 is 5.73 Å². The van der Waals surface area contributed by atoms with Gasteiger partial charge in [0.15, 0.2) is 0 Å². The van der Waals surface area contributed by atoms with Crippen LogP contribution in [0.25, 0.3) is 0 Å². The SMILES string of the molecule is COC(=O)c1occc1CN1C2CCC1CC(N)C2. The molecule has 2 fully saturated rings. The van der Waals surface area contributed by atoms with E-state index in [1.807, 2.05) is 6.07 Å². The fourth-order valence-electron chi connectivity index (χ4n) is 3.50. The number of ether oxygens (including phenoxy) is 1. The summed E-state index contributed by atoms with van der Waals surface area (Å²) in [4.78, 5) is 14.1. The molecular formula is C14H20N2O3. The summed E-state index contributed by atoms with van der Waals surface area (Å²) >= 11 is 0. The van der Waals surface area contributed by atoms with Gasteiger partial charge < -0.3 is 14.9 Å². The molecule has 0 amide bonds. The molecule has 2 atom stereocenters. The Morgan fingerprint density at radius 2 is 2.16 bits per heavy atom. The van der Waals surface area contributed by atoms with Gasteiger partial charge in [-0.25, -0.2) is 4.79 Å². The summed E-state index contributed by atoms with van der Waals surface area (Å²) in [7, 11) is 1.37. The maximum Gasteiger partial charge on any atom is 0.374 e. The van der Waals surface area contributed by atoms with Gasteiger partial charge in [0.1, 0.15) is 0 Å². The predicted octanol–water partition coefficient (Wildman–Crippen LogP) is 1.52. The van der Waals surface area contributed by atoms with Crippen molar-refractivity contribution in [2.75, 3.05) is 7.11 Å². The Labute approximate surface area is 112 Å². The van der Waals surface area contributed by atoms with E-state index in [-0.39, 0.29) is 0 Å². The monoisotopic (exact) mass is 264 g/mol. The molecule has 0 saturated carbocycles. The van der Waals surface area contributed by atoms with E-state index in [0.717, 1.165) is 24.9 Å². The van der Waals surface area contributed by atoms with Crippen molar-refractivity contribution in [3.63, 3.8) is 0 Å². The van der Waals surface area contributed by atoms with Crippen LogP contribution in [0.5, 0.6) is 0 Å². The highest BCUT2D eigenvalue weighted by molar-refractivity contribution is 5.87. The summed E-state index contributed by atoms with van der Waals surface area (Å²) in [5.74, 6) is -0.0715. The number of hydrogen-bond donors (Lipinski definition) is 1. The van der Waals surface area contributed by atoms with Gasteiger partial charge in [-0.15, -0.1) is 0 Å². The van der Waals surface area contributed by atoms with Crippen molar-refractivity contribution < 1.29 is 13.9 Å². The lowest BCUT2D eigenvalue weighted by Gasteiger charge is -2.37. The van der Waals surface area contributed by atoms with Gasteiger partial charge in [-0.1, -0.05) is 0 Å². The first-order valence-corrected chi connectivity index (χ1v) is 6.85. The molecule has 2 N–H and O–H groups in total. The summed E-state index contributed by atoms with van der Waals surface area (Å²) in [6.07, 6.45) is 6.09. The normalized spacial score (nSPS) is 30.5. The number of nitrogens with zero attached hydrogens (tertiary/aromatic N) is 1. The molecule has 1 aromatic heterocycles. The number of furan rings is 1. The van der Waals surface area contributed by atoms with Crippen LogP contribution in [-0.2, 0) is 11.3 Å². The Morgan fingerprint density at radius 3 is 2.79 bits per heavy atom. The zero-order valence-electron chi connectivity index (χ0n) is 11.2. The Balaban J connectivity index is 1.76. The molecule has 0 spiro atoms. The van der Waals surface area contributed by atoms with Gasteiger partial charge in [0.25, 0.3) is 0 Å².